The molecule has 0 fully saturated rings. The molecule has 4 nitrogen and oxygen atoms in total. The van der Waals surface area contributed by atoms with Gasteiger partial charge in [-0.2, -0.15) is 13.2 Å². The Morgan fingerprint density at radius 2 is 2.00 bits per heavy atom. The minimum atomic E-state index is -4.48. The average molecular weight is 354 g/mol. The predicted octanol–water partition coefficient (Wildman–Crippen LogP) is 2.99. The van der Waals surface area contributed by atoms with Crippen molar-refractivity contribution >= 4 is 39.9 Å². The van der Waals surface area contributed by atoms with Crippen molar-refractivity contribution in [2.45, 2.75) is 13.1 Å². The molecule has 1 amide bonds. The number of fused-ring (bicyclic) bond motifs is 1. The van der Waals surface area contributed by atoms with Crippen molar-refractivity contribution in [3.63, 3.8) is 0 Å². The first-order chi connectivity index (χ1) is 9.84. The maximum atomic E-state index is 12.6. The van der Waals surface area contributed by atoms with Crippen LogP contribution in [0.1, 0.15) is 20.9 Å². The maximum Gasteiger partial charge on any atom is 0.433 e. The van der Waals surface area contributed by atoms with E-state index in [2.05, 4.69) is 15.6 Å². The van der Waals surface area contributed by atoms with Crippen LogP contribution < -0.4 is 10.6 Å². The number of likely N-dealkylation sites (N-methyl/N-ethyl adjacent to an activating group) is 1. The van der Waals surface area contributed by atoms with Gasteiger partial charge in [0.25, 0.3) is 5.91 Å². The molecule has 0 aliphatic rings. The normalized spacial score (nSPS) is 11.3. The molecule has 0 aromatic carbocycles. The Labute approximate surface area is 135 Å². The van der Waals surface area contributed by atoms with Gasteiger partial charge in [-0.15, -0.1) is 23.7 Å². The van der Waals surface area contributed by atoms with Gasteiger partial charge in [0.15, 0.2) is 0 Å². The Morgan fingerprint density at radius 1 is 1.32 bits per heavy atom. The predicted molar refractivity (Wildman–Crippen MR) is 82.9 cm³/mol. The largest absolute Gasteiger partial charge is 0.433 e. The highest BCUT2D eigenvalue weighted by Gasteiger charge is 2.33. The number of rotatable bonds is 4. The number of carbonyl (C=O) groups is 1. The van der Waals surface area contributed by atoms with Crippen LogP contribution in [0.25, 0.3) is 10.2 Å². The molecule has 2 rings (SSSR count). The van der Waals surface area contributed by atoms with Crippen LogP contribution in [0.2, 0.25) is 0 Å². The number of aromatic nitrogens is 1. The average Bonchev–Trinajstić information content (AvgIpc) is 2.75. The van der Waals surface area contributed by atoms with Crippen molar-refractivity contribution < 1.29 is 18.0 Å². The van der Waals surface area contributed by atoms with Gasteiger partial charge in [-0.05, 0) is 31.7 Å². The van der Waals surface area contributed by atoms with Gasteiger partial charge >= 0.3 is 6.18 Å². The summed E-state index contributed by atoms with van der Waals surface area (Å²) in [4.78, 5) is 16.2. The molecule has 0 spiro atoms. The molecule has 9 heteroatoms. The molecule has 122 valence electrons. The number of halogens is 4. The van der Waals surface area contributed by atoms with Gasteiger partial charge in [0, 0.05) is 18.5 Å². The summed E-state index contributed by atoms with van der Waals surface area (Å²) >= 11 is 0.977. The van der Waals surface area contributed by atoms with Crippen molar-refractivity contribution in [1.82, 2.24) is 15.6 Å². The second kappa shape index (κ2) is 7.26. The third kappa shape index (κ3) is 3.88. The summed E-state index contributed by atoms with van der Waals surface area (Å²) in [6.45, 7) is 2.77. The fourth-order valence-electron chi connectivity index (χ4n) is 1.86. The lowest BCUT2D eigenvalue weighted by molar-refractivity contribution is -0.140. The van der Waals surface area contributed by atoms with Gasteiger partial charge in [-0.25, -0.2) is 4.98 Å². The van der Waals surface area contributed by atoms with Crippen molar-refractivity contribution in [1.29, 1.82) is 0 Å². The molecular formula is C13H15ClF3N3OS. The molecular weight excluding hydrogens is 339 g/mol. The zero-order valence-electron chi connectivity index (χ0n) is 11.9. The minimum absolute atomic E-state index is 0. The topological polar surface area (TPSA) is 54.0 Å². The number of alkyl halides is 3. The Hall–Kier alpha value is -1.38. The molecule has 0 saturated heterocycles. The van der Waals surface area contributed by atoms with Crippen molar-refractivity contribution in [3.05, 3.63) is 28.3 Å². The van der Waals surface area contributed by atoms with E-state index in [0.29, 0.717) is 28.9 Å². The first kappa shape index (κ1) is 18.7. The lowest BCUT2D eigenvalue weighted by Gasteiger charge is -2.04. The summed E-state index contributed by atoms with van der Waals surface area (Å²) in [5.74, 6) is -0.292. The van der Waals surface area contributed by atoms with Gasteiger partial charge in [-0.1, -0.05) is 0 Å². The summed E-state index contributed by atoms with van der Waals surface area (Å²) < 4.78 is 37.9. The summed E-state index contributed by atoms with van der Waals surface area (Å²) in [7, 11) is 1.76. The number of nitrogens with zero attached hydrogens (tertiary/aromatic N) is 1. The van der Waals surface area contributed by atoms with Gasteiger partial charge in [-0.3, -0.25) is 4.79 Å². The lowest BCUT2D eigenvalue weighted by Crippen LogP contribution is -2.30. The van der Waals surface area contributed by atoms with E-state index in [-0.39, 0.29) is 23.1 Å². The molecule has 2 aromatic rings. The highest BCUT2D eigenvalue weighted by atomic mass is 35.5. The Balaban J connectivity index is 0.00000242. The minimum Gasteiger partial charge on any atom is -0.350 e. The van der Waals surface area contributed by atoms with E-state index in [1.807, 2.05) is 0 Å². The number of hydrogen-bond donors (Lipinski definition) is 2. The van der Waals surface area contributed by atoms with E-state index in [1.54, 1.807) is 14.0 Å². The molecule has 0 radical (unpaired) electrons. The van der Waals surface area contributed by atoms with E-state index in [9.17, 15) is 18.0 Å². The Bertz CT molecular complexity index is 672. The highest BCUT2D eigenvalue weighted by Crippen LogP contribution is 2.34. The number of amides is 1. The van der Waals surface area contributed by atoms with Crippen LogP contribution in [0.3, 0.4) is 0 Å². The molecule has 0 aliphatic carbocycles. The molecule has 2 N–H and O–H groups in total. The summed E-state index contributed by atoms with van der Waals surface area (Å²) in [6, 6.07) is 2.30. The van der Waals surface area contributed by atoms with E-state index < -0.39 is 11.9 Å². The number of carbonyl (C=O) groups excluding carboxylic acids is 1. The van der Waals surface area contributed by atoms with Crippen LogP contribution in [0.5, 0.6) is 0 Å². The quantitative estimate of drug-likeness (QED) is 0.831. The van der Waals surface area contributed by atoms with Crippen LogP contribution >= 0.6 is 23.7 Å². The lowest BCUT2D eigenvalue weighted by atomic mass is 10.2. The van der Waals surface area contributed by atoms with Crippen LogP contribution in [0.15, 0.2) is 12.1 Å². The monoisotopic (exact) mass is 353 g/mol. The van der Waals surface area contributed by atoms with Crippen molar-refractivity contribution in [2.75, 3.05) is 20.1 Å². The zero-order valence-corrected chi connectivity index (χ0v) is 13.5. The van der Waals surface area contributed by atoms with Crippen LogP contribution in [0.4, 0.5) is 13.2 Å². The molecule has 2 aromatic heterocycles. The third-order valence-corrected chi connectivity index (χ3v) is 4.16. The Morgan fingerprint density at radius 3 is 2.59 bits per heavy atom. The highest BCUT2D eigenvalue weighted by molar-refractivity contribution is 7.20. The Kier molecular flexibility index (Phi) is 6.16. The molecule has 22 heavy (non-hydrogen) atoms. The molecule has 0 aliphatic heterocycles. The molecule has 2 heterocycles. The number of thiophene rings is 1. The number of hydrogen-bond acceptors (Lipinski definition) is 4. The summed E-state index contributed by atoms with van der Waals surface area (Å²) in [5, 5.41) is 6.17. The summed E-state index contributed by atoms with van der Waals surface area (Å²) in [5.41, 5.74) is -0.295. The number of nitrogens with one attached hydrogen (secondary N) is 2. The number of aryl methyl sites for hydroxylation is 1. The van der Waals surface area contributed by atoms with Gasteiger partial charge in [0.1, 0.15) is 10.5 Å². The first-order valence-electron chi connectivity index (χ1n) is 6.24. The fourth-order valence-corrected chi connectivity index (χ4v) is 2.95. The zero-order chi connectivity index (χ0) is 15.6. The van der Waals surface area contributed by atoms with Crippen molar-refractivity contribution in [2.24, 2.45) is 0 Å². The van der Waals surface area contributed by atoms with E-state index >= 15 is 0 Å². The van der Waals surface area contributed by atoms with Gasteiger partial charge in [0.2, 0.25) is 0 Å². The standard InChI is InChI=1S/C13H14F3N3OS.ClH/c1-7-8-3-4-9(13(14,15)16)19-12(8)21-10(7)11(20)18-6-5-17-2;/h3-4,17H,5-6H2,1-2H3,(H,18,20);1H. The smallest absolute Gasteiger partial charge is 0.350 e. The second-order valence-corrected chi connectivity index (χ2v) is 5.46. The van der Waals surface area contributed by atoms with Crippen LogP contribution in [-0.2, 0) is 6.18 Å². The van der Waals surface area contributed by atoms with Crippen LogP contribution in [0, 0.1) is 6.92 Å². The summed E-state index contributed by atoms with van der Waals surface area (Å²) in [6.07, 6.45) is -4.48. The van der Waals surface area contributed by atoms with E-state index in [0.717, 1.165) is 17.4 Å². The van der Waals surface area contributed by atoms with Crippen molar-refractivity contribution in [3.8, 4) is 0 Å². The van der Waals surface area contributed by atoms with Crippen LogP contribution in [-0.4, -0.2) is 31.0 Å². The maximum absolute atomic E-state index is 12.6. The molecule has 0 saturated carbocycles. The SMILES string of the molecule is CNCCNC(=O)c1sc2nc(C(F)(F)F)ccc2c1C.Cl. The number of pyridine rings is 1. The molecule has 0 bridgehead atoms. The van der Waals surface area contributed by atoms with Gasteiger partial charge in [0.05, 0.1) is 4.88 Å². The van der Waals surface area contributed by atoms with Gasteiger partial charge < -0.3 is 10.6 Å². The third-order valence-electron chi connectivity index (χ3n) is 2.96. The van der Waals surface area contributed by atoms with E-state index in [1.165, 1.54) is 6.07 Å². The second-order valence-electron chi connectivity index (χ2n) is 4.46. The molecule has 0 atom stereocenters. The van der Waals surface area contributed by atoms with E-state index in [4.69, 9.17) is 0 Å². The first-order valence-corrected chi connectivity index (χ1v) is 7.06. The fraction of sp³-hybridized carbons (Fsp3) is 0.385. The molecule has 0 unspecified atom stereocenters.